The van der Waals surface area contributed by atoms with E-state index in [9.17, 15) is 13.6 Å². The van der Waals surface area contributed by atoms with Gasteiger partial charge in [0.15, 0.2) is 5.82 Å². The van der Waals surface area contributed by atoms with E-state index in [1.54, 1.807) is 4.90 Å². The average Bonchev–Trinajstić information content (AvgIpc) is 2.99. The molecule has 23 heavy (non-hydrogen) atoms. The number of carbonyl (C=O) groups is 1. The normalized spacial score (nSPS) is 24.1. The number of halogens is 2. The minimum Gasteiger partial charge on any atom is -0.354 e. The van der Waals surface area contributed by atoms with Crippen molar-refractivity contribution in [3.63, 3.8) is 0 Å². The monoisotopic (exact) mass is 324 g/mol. The maximum absolute atomic E-state index is 13.2. The summed E-state index contributed by atoms with van der Waals surface area (Å²) < 4.78 is 26.4. The van der Waals surface area contributed by atoms with Gasteiger partial charge in [0.05, 0.1) is 11.6 Å². The molecule has 1 atom stereocenters. The molecule has 1 aromatic rings. The molecule has 1 aromatic heterocycles. The number of carbonyl (C=O) groups excluding carboxylic acids is 1. The highest BCUT2D eigenvalue weighted by Gasteiger charge is 2.39. The summed E-state index contributed by atoms with van der Waals surface area (Å²) in [6, 6.07) is 1.98. The number of amides is 1. The Morgan fingerprint density at radius 2 is 1.91 bits per heavy atom. The van der Waals surface area contributed by atoms with Crippen LogP contribution in [0.2, 0.25) is 0 Å². The molecule has 0 N–H and O–H groups in total. The van der Waals surface area contributed by atoms with Crippen LogP contribution in [0.15, 0.2) is 6.07 Å². The topological polar surface area (TPSA) is 49.3 Å². The Bertz CT molecular complexity index is 598. The fourth-order valence-electron chi connectivity index (χ4n) is 3.17. The zero-order valence-corrected chi connectivity index (χ0v) is 13.6. The van der Waals surface area contributed by atoms with E-state index in [0.717, 1.165) is 30.0 Å². The molecule has 2 aliphatic heterocycles. The van der Waals surface area contributed by atoms with E-state index in [1.165, 1.54) is 0 Å². The lowest BCUT2D eigenvalue weighted by atomic mass is 10.0. The molecular weight excluding hydrogens is 302 g/mol. The van der Waals surface area contributed by atoms with Crippen molar-refractivity contribution >= 4 is 11.7 Å². The number of aromatic nitrogens is 2. The highest BCUT2D eigenvalue weighted by molar-refractivity contribution is 5.80. The minimum atomic E-state index is -2.62. The lowest BCUT2D eigenvalue weighted by Gasteiger charge is -2.33. The molecule has 1 amide bonds. The number of anilines is 1. The number of likely N-dealkylation sites (tertiary alicyclic amines) is 1. The molecule has 0 aromatic carbocycles. The van der Waals surface area contributed by atoms with Crippen LogP contribution in [0.3, 0.4) is 0 Å². The van der Waals surface area contributed by atoms with Crippen LogP contribution < -0.4 is 4.90 Å². The third-order valence-electron chi connectivity index (χ3n) is 4.89. The summed E-state index contributed by atoms with van der Waals surface area (Å²) in [5.41, 5.74) is 1.97. The van der Waals surface area contributed by atoms with Crippen molar-refractivity contribution in [2.75, 3.05) is 31.1 Å². The Balaban J connectivity index is 1.61. The van der Waals surface area contributed by atoms with Crippen molar-refractivity contribution in [1.29, 1.82) is 0 Å². The van der Waals surface area contributed by atoms with E-state index in [0.29, 0.717) is 6.54 Å². The predicted molar refractivity (Wildman–Crippen MR) is 82.6 cm³/mol. The van der Waals surface area contributed by atoms with Gasteiger partial charge in [0.2, 0.25) is 5.91 Å². The Kier molecular flexibility index (Phi) is 4.21. The lowest BCUT2D eigenvalue weighted by Crippen LogP contribution is -2.45. The Morgan fingerprint density at radius 3 is 2.57 bits per heavy atom. The zero-order chi connectivity index (χ0) is 16.6. The van der Waals surface area contributed by atoms with E-state index in [2.05, 4.69) is 15.1 Å². The second kappa shape index (κ2) is 6.02. The fraction of sp³-hybridized carbons (Fsp3) is 0.688. The molecule has 7 heteroatoms. The van der Waals surface area contributed by atoms with Crippen molar-refractivity contribution in [2.45, 2.75) is 39.0 Å². The molecule has 5 nitrogen and oxygen atoms in total. The molecule has 3 heterocycles. The summed E-state index contributed by atoms with van der Waals surface area (Å²) in [5.74, 6) is -1.97. The van der Waals surface area contributed by atoms with Crippen LogP contribution in [0, 0.1) is 19.8 Å². The number of nitrogens with zero attached hydrogens (tertiary/aromatic N) is 4. The van der Waals surface area contributed by atoms with Crippen LogP contribution in [0.25, 0.3) is 0 Å². The summed E-state index contributed by atoms with van der Waals surface area (Å²) in [6.07, 6.45) is 0.288. The van der Waals surface area contributed by atoms with Crippen LogP contribution in [-0.4, -0.2) is 53.1 Å². The van der Waals surface area contributed by atoms with Crippen molar-refractivity contribution in [3.8, 4) is 0 Å². The molecule has 0 bridgehead atoms. The van der Waals surface area contributed by atoms with Gasteiger partial charge in [-0.25, -0.2) is 8.78 Å². The molecule has 0 aliphatic carbocycles. The van der Waals surface area contributed by atoms with Gasteiger partial charge in [-0.3, -0.25) is 4.79 Å². The zero-order valence-electron chi connectivity index (χ0n) is 13.6. The first kappa shape index (κ1) is 16.1. The van der Waals surface area contributed by atoms with Crippen molar-refractivity contribution in [2.24, 2.45) is 5.92 Å². The second-order valence-electron chi connectivity index (χ2n) is 6.58. The largest absolute Gasteiger partial charge is 0.354 e. The third kappa shape index (κ3) is 3.43. The summed E-state index contributed by atoms with van der Waals surface area (Å²) >= 11 is 0. The molecule has 1 unspecified atom stereocenters. The van der Waals surface area contributed by atoms with Gasteiger partial charge in [0.25, 0.3) is 5.92 Å². The van der Waals surface area contributed by atoms with Crippen LogP contribution in [0.1, 0.15) is 30.5 Å². The van der Waals surface area contributed by atoms with Crippen LogP contribution in [0.5, 0.6) is 0 Å². The molecule has 2 aliphatic rings. The summed E-state index contributed by atoms with van der Waals surface area (Å²) in [4.78, 5) is 16.2. The number of rotatable bonds is 2. The molecule has 126 valence electrons. The van der Waals surface area contributed by atoms with Crippen LogP contribution >= 0.6 is 0 Å². The van der Waals surface area contributed by atoms with E-state index in [4.69, 9.17) is 0 Å². The first-order chi connectivity index (χ1) is 10.9. The number of piperidine rings is 1. The highest BCUT2D eigenvalue weighted by atomic mass is 19.3. The maximum atomic E-state index is 13.2. The molecule has 2 fully saturated rings. The smallest absolute Gasteiger partial charge is 0.251 e. The minimum absolute atomic E-state index is 0.000192. The Hall–Kier alpha value is -1.79. The SMILES string of the molecule is Cc1cc(N2CCC(C(=O)N3CCC(F)(F)CC3)C2)nnc1C. The molecule has 0 radical (unpaired) electrons. The van der Waals surface area contributed by atoms with E-state index < -0.39 is 5.92 Å². The Labute approximate surface area is 134 Å². The first-order valence-electron chi connectivity index (χ1n) is 8.08. The van der Waals surface area contributed by atoms with Gasteiger partial charge in [-0.1, -0.05) is 0 Å². The van der Waals surface area contributed by atoms with E-state index in [1.807, 2.05) is 19.9 Å². The Morgan fingerprint density at radius 1 is 1.22 bits per heavy atom. The molecule has 3 rings (SSSR count). The van der Waals surface area contributed by atoms with Gasteiger partial charge >= 0.3 is 0 Å². The second-order valence-corrected chi connectivity index (χ2v) is 6.58. The first-order valence-corrected chi connectivity index (χ1v) is 8.08. The number of alkyl halides is 2. The van der Waals surface area contributed by atoms with E-state index in [-0.39, 0.29) is 37.8 Å². The predicted octanol–water partition coefficient (Wildman–Crippen LogP) is 2.18. The molecule has 2 saturated heterocycles. The summed E-state index contributed by atoms with van der Waals surface area (Å²) in [6.45, 7) is 5.55. The average molecular weight is 324 g/mol. The van der Waals surface area contributed by atoms with Crippen molar-refractivity contribution in [3.05, 3.63) is 17.3 Å². The summed E-state index contributed by atoms with van der Waals surface area (Å²) in [5, 5.41) is 8.33. The van der Waals surface area contributed by atoms with Gasteiger partial charge in [-0.2, -0.15) is 5.10 Å². The number of aryl methyl sites for hydroxylation is 2. The molecule has 0 saturated carbocycles. The third-order valence-corrected chi connectivity index (χ3v) is 4.89. The fourth-order valence-corrected chi connectivity index (χ4v) is 3.17. The van der Waals surface area contributed by atoms with Crippen molar-refractivity contribution < 1.29 is 13.6 Å². The quantitative estimate of drug-likeness (QED) is 0.837. The highest BCUT2D eigenvalue weighted by Crippen LogP contribution is 2.30. The summed E-state index contributed by atoms with van der Waals surface area (Å²) in [7, 11) is 0. The molecule has 0 spiro atoms. The maximum Gasteiger partial charge on any atom is 0.251 e. The lowest BCUT2D eigenvalue weighted by molar-refractivity contribution is -0.140. The van der Waals surface area contributed by atoms with Crippen molar-refractivity contribution in [1.82, 2.24) is 15.1 Å². The molecular formula is C16H22F2N4O. The van der Waals surface area contributed by atoms with Gasteiger partial charge in [0.1, 0.15) is 0 Å². The van der Waals surface area contributed by atoms with Gasteiger partial charge in [-0.05, 0) is 31.9 Å². The van der Waals surface area contributed by atoms with Gasteiger partial charge in [-0.15, -0.1) is 5.10 Å². The van der Waals surface area contributed by atoms with Crippen LogP contribution in [0.4, 0.5) is 14.6 Å². The van der Waals surface area contributed by atoms with E-state index >= 15 is 0 Å². The number of hydrogen-bond acceptors (Lipinski definition) is 4. The number of hydrogen-bond donors (Lipinski definition) is 0. The van der Waals surface area contributed by atoms with Gasteiger partial charge in [0, 0.05) is 39.0 Å². The van der Waals surface area contributed by atoms with Crippen LogP contribution in [-0.2, 0) is 4.79 Å². The van der Waals surface area contributed by atoms with Gasteiger partial charge < -0.3 is 9.80 Å². The standard InChI is InChI=1S/C16H22F2N4O/c1-11-9-14(20-19-12(11)2)22-6-3-13(10-22)15(23)21-7-4-16(17,18)5-8-21/h9,13H,3-8,10H2,1-2H3.